The van der Waals surface area contributed by atoms with Crippen LogP contribution < -0.4 is 5.32 Å². The van der Waals surface area contributed by atoms with Crippen LogP contribution in [0.3, 0.4) is 0 Å². The van der Waals surface area contributed by atoms with Crippen molar-refractivity contribution in [1.82, 2.24) is 0 Å². The van der Waals surface area contributed by atoms with E-state index < -0.39 is 5.82 Å². The first-order valence-electron chi connectivity index (χ1n) is 5.33. The molecule has 90 valence electrons. The summed E-state index contributed by atoms with van der Waals surface area (Å²) in [7, 11) is 0. The van der Waals surface area contributed by atoms with Gasteiger partial charge >= 0.3 is 0 Å². The van der Waals surface area contributed by atoms with E-state index in [1.54, 1.807) is 12.1 Å². The van der Waals surface area contributed by atoms with Crippen molar-refractivity contribution in [2.45, 2.75) is 6.92 Å². The molecule has 0 unspecified atom stereocenters. The van der Waals surface area contributed by atoms with E-state index in [1.165, 1.54) is 11.6 Å². The maximum Gasteiger partial charge on any atom is 0.143 e. The number of aryl methyl sites for hydroxylation is 1. The summed E-state index contributed by atoms with van der Waals surface area (Å²) < 4.78 is 14.6. The van der Waals surface area contributed by atoms with E-state index >= 15 is 0 Å². The highest BCUT2D eigenvalue weighted by Gasteiger charge is 2.08. The molecule has 1 N–H and O–H groups in total. The van der Waals surface area contributed by atoms with E-state index in [-0.39, 0.29) is 5.56 Å². The van der Waals surface area contributed by atoms with Gasteiger partial charge in [0.2, 0.25) is 0 Å². The lowest BCUT2D eigenvalue weighted by Crippen LogP contribution is -1.96. The monoisotopic (exact) mass is 352 g/mol. The summed E-state index contributed by atoms with van der Waals surface area (Å²) in [5.41, 5.74) is 2.54. The van der Waals surface area contributed by atoms with Gasteiger partial charge in [0.05, 0.1) is 5.69 Å². The molecule has 0 fully saturated rings. The van der Waals surface area contributed by atoms with E-state index in [4.69, 9.17) is 5.26 Å². The van der Waals surface area contributed by atoms with Crippen LogP contribution in [0.2, 0.25) is 0 Å². The minimum atomic E-state index is -0.510. The van der Waals surface area contributed by atoms with E-state index in [1.807, 2.05) is 31.2 Å². The van der Waals surface area contributed by atoms with E-state index in [0.717, 1.165) is 9.26 Å². The molecule has 0 spiro atoms. The highest BCUT2D eigenvalue weighted by atomic mass is 127. The molecule has 0 atom stereocenters. The van der Waals surface area contributed by atoms with Crippen LogP contribution in [-0.4, -0.2) is 0 Å². The molecule has 0 aromatic heterocycles. The molecule has 0 aliphatic rings. The van der Waals surface area contributed by atoms with Gasteiger partial charge in [0.25, 0.3) is 0 Å². The lowest BCUT2D eigenvalue weighted by atomic mass is 10.1. The van der Waals surface area contributed by atoms with Gasteiger partial charge in [0.15, 0.2) is 0 Å². The summed E-state index contributed by atoms with van der Waals surface area (Å²) in [6.07, 6.45) is 0. The minimum Gasteiger partial charge on any atom is -0.354 e. The van der Waals surface area contributed by atoms with Crippen molar-refractivity contribution in [3.8, 4) is 6.07 Å². The number of hydrogen-bond acceptors (Lipinski definition) is 2. The molecular weight excluding hydrogens is 342 g/mol. The Morgan fingerprint density at radius 1 is 1.28 bits per heavy atom. The molecule has 2 rings (SSSR count). The molecule has 18 heavy (non-hydrogen) atoms. The normalized spacial score (nSPS) is 9.89. The Hall–Kier alpha value is -1.61. The van der Waals surface area contributed by atoms with Crippen molar-refractivity contribution >= 4 is 34.0 Å². The zero-order valence-corrected chi connectivity index (χ0v) is 11.8. The van der Waals surface area contributed by atoms with E-state index in [0.29, 0.717) is 5.69 Å². The fourth-order valence-electron chi connectivity index (χ4n) is 1.57. The van der Waals surface area contributed by atoms with Crippen LogP contribution in [0, 0.1) is 27.6 Å². The third-order valence-electron chi connectivity index (χ3n) is 2.58. The third kappa shape index (κ3) is 2.62. The van der Waals surface area contributed by atoms with Crippen molar-refractivity contribution in [2.24, 2.45) is 0 Å². The Balaban J connectivity index is 2.37. The number of nitrogens with zero attached hydrogens (tertiary/aromatic N) is 1. The van der Waals surface area contributed by atoms with Gasteiger partial charge in [-0.15, -0.1) is 0 Å². The smallest absolute Gasteiger partial charge is 0.143 e. The van der Waals surface area contributed by atoms with Crippen molar-refractivity contribution in [1.29, 1.82) is 5.26 Å². The molecule has 0 bridgehead atoms. The molecule has 0 heterocycles. The maximum absolute atomic E-state index is 13.4. The largest absolute Gasteiger partial charge is 0.354 e. The second-order valence-electron chi connectivity index (χ2n) is 3.86. The van der Waals surface area contributed by atoms with Gasteiger partial charge in [-0.3, -0.25) is 0 Å². The Morgan fingerprint density at radius 2 is 2.06 bits per heavy atom. The number of benzene rings is 2. The molecule has 0 saturated heterocycles. The minimum absolute atomic E-state index is 0.0353. The Labute approximate surface area is 119 Å². The van der Waals surface area contributed by atoms with Gasteiger partial charge in [-0.05, 0) is 59.3 Å². The van der Waals surface area contributed by atoms with Crippen LogP contribution in [0.5, 0.6) is 0 Å². The number of rotatable bonds is 2. The van der Waals surface area contributed by atoms with Gasteiger partial charge < -0.3 is 5.32 Å². The number of nitrogens with one attached hydrogen (secondary N) is 1. The van der Waals surface area contributed by atoms with Gasteiger partial charge in [-0.25, -0.2) is 4.39 Å². The topological polar surface area (TPSA) is 35.8 Å². The molecule has 0 saturated carbocycles. The van der Waals surface area contributed by atoms with Gasteiger partial charge in [-0.1, -0.05) is 12.1 Å². The molecule has 0 radical (unpaired) electrons. The number of nitriles is 1. The Morgan fingerprint density at radius 3 is 2.72 bits per heavy atom. The van der Waals surface area contributed by atoms with Crippen LogP contribution in [0.1, 0.15) is 11.1 Å². The highest BCUT2D eigenvalue weighted by molar-refractivity contribution is 14.1. The van der Waals surface area contributed by atoms with Crippen LogP contribution in [0.25, 0.3) is 0 Å². The fraction of sp³-hybridized carbons (Fsp3) is 0.0714. The predicted molar refractivity (Wildman–Crippen MR) is 78.3 cm³/mol. The van der Waals surface area contributed by atoms with Crippen molar-refractivity contribution < 1.29 is 4.39 Å². The Kier molecular flexibility index (Phi) is 3.82. The quantitative estimate of drug-likeness (QED) is 0.816. The highest BCUT2D eigenvalue weighted by Crippen LogP contribution is 2.24. The first-order chi connectivity index (χ1) is 8.61. The third-order valence-corrected chi connectivity index (χ3v) is 3.74. The van der Waals surface area contributed by atoms with E-state index in [2.05, 4.69) is 27.9 Å². The van der Waals surface area contributed by atoms with Gasteiger partial charge in [-0.2, -0.15) is 5.26 Å². The Bertz CT molecular complexity index is 632. The first kappa shape index (κ1) is 12.8. The first-order valence-corrected chi connectivity index (χ1v) is 6.41. The van der Waals surface area contributed by atoms with Crippen molar-refractivity contribution in [3.63, 3.8) is 0 Å². The number of hydrogen-bond donors (Lipinski definition) is 1. The van der Waals surface area contributed by atoms with Crippen LogP contribution in [0.15, 0.2) is 36.4 Å². The second kappa shape index (κ2) is 5.36. The number of anilines is 2. The van der Waals surface area contributed by atoms with Crippen molar-refractivity contribution in [3.05, 3.63) is 56.9 Å². The molecule has 2 aromatic carbocycles. The SMILES string of the molecule is Cc1ccc(Nc2cccc(F)c2C#N)cc1I. The second-order valence-corrected chi connectivity index (χ2v) is 5.03. The molecule has 0 amide bonds. The van der Waals surface area contributed by atoms with Gasteiger partial charge in [0.1, 0.15) is 17.4 Å². The average molecular weight is 352 g/mol. The van der Waals surface area contributed by atoms with Crippen LogP contribution >= 0.6 is 22.6 Å². The molecule has 2 nitrogen and oxygen atoms in total. The molecule has 2 aromatic rings. The lowest BCUT2D eigenvalue weighted by molar-refractivity contribution is 0.624. The molecule has 0 aliphatic carbocycles. The van der Waals surface area contributed by atoms with Crippen LogP contribution in [0.4, 0.5) is 15.8 Å². The summed E-state index contributed by atoms with van der Waals surface area (Å²) in [5.74, 6) is -0.510. The molecule has 4 heteroatoms. The zero-order valence-electron chi connectivity index (χ0n) is 9.67. The number of halogens is 2. The lowest BCUT2D eigenvalue weighted by Gasteiger charge is -2.09. The summed E-state index contributed by atoms with van der Waals surface area (Å²) in [4.78, 5) is 0. The van der Waals surface area contributed by atoms with Crippen molar-refractivity contribution in [2.75, 3.05) is 5.32 Å². The maximum atomic E-state index is 13.4. The summed E-state index contributed by atoms with van der Waals surface area (Å²) in [6, 6.07) is 12.3. The van der Waals surface area contributed by atoms with Crippen LogP contribution in [-0.2, 0) is 0 Å². The van der Waals surface area contributed by atoms with E-state index in [9.17, 15) is 4.39 Å². The fourth-order valence-corrected chi connectivity index (χ4v) is 2.08. The van der Waals surface area contributed by atoms with Gasteiger partial charge in [0, 0.05) is 9.26 Å². The summed E-state index contributed by atoms with van der Waals surface area (Å²) >= 11 is 2.24. The average Bonchev–Trinajstić information content (AvgIpc) is 2.34. The zero-order chi connectivity index (χ0) is 13.1. The predicted octanol–water partition coefficient (Wildman–Crippen LogP) is 4.35. The standard InChI is InChI=1S/C14H10FIN2/c1-9-5-6-10(7-13(9)16)18-14-4-2-3-12(15)11(14)8-17/h2-7,18H,1H3. The molecule has 0 aliphatic heterocycles. The summed E-state index contributed by atoms with van der Waals surface area (Å²) in [5, 5.41) is 12.0. The molecular formula is C14H10FIN2. The summed E-state index contributed by atoms with van der Waals surface area (Å²) in [6.45, 7) is 2.02.